The fourth-order valence-electron chi connectivity index (χ4n) is 1.99. The maximum Gasteiger partial charge on any atom is 0.317 e. The van der Waals surface area contributed by atoms with Crippen LogP contribution in [0.15, 0.2) is 0 Å². The number of hydrogen-bond donors (Lipinski definition) is 2. The lowest BCUT2D eigenvalue weighted by Gasteiger charge is -2.29. The van der Waals surface area contributed by atoms with Crippen LogP contribution in [0.25, 0.3) is 0 Å². The van der Waals surface area contributed by atoms with Crippen molar-refractivity contribution < 1.29 is 4.79 Å². The molecule has 0 bridgehead atoms. The Morgan fingerprint density at radius 1 is 1.40 bits per heavy atom. The van der Waals surface area contributed by atoms with Crippen LogP contribution in [0.2, 0.25) is 0 Å². The van der Waals surface area contributed by atoms with E-state index in [4.69, 9.17) is 0 Å². The van der Waals surface area contributed by atoms with Gasteiger partial charge in [-0.05, 0) is 45.7 Å². The molecule has 4 nitrogen and oxygen atoms in total. The van der Waals surface area contributed by atoms with E-state index in [1.807, 2.05) is 18.7 Å². The minimum Gasteiger partial charge on any atom is -0.338 e. The maximum atomic E-state index is 11.6. The Balaban J connectivity index is 2.34. The van der Waals surface area contributed by atoms with Crippen molar-refractivity contribution in [1.82, 2.24) is 15.5 Å². The van der Waals surface area contributed by atoms with Crippen molar-refractivity contribution in [3.8, 4) is 0 Å². The van der Waals surface area contributed by atoms with Gasteiger partial charge in [-0.3, -0.25) is 0 Å². The van der Waals surface area contributed by atoms with Crippen LogP contribution in [0.4, 0.5) is 4.79 Å². The first-order chi connectivity index (χ1) is 7.27. The molecule has 88 valence electrons. The molecule has 2 amide bonds. The fraction of sp³-hybridized carbons (Fsp3) is 0.909. The summed E-state index contributed by atoms with van der Waals surface area (Å²) >= 11 is 0. The van der Waals surface area contributed by atoms with Gasteiger partial charge in [-0.15, -0.1) is 0 Å². The first kappa shape index (κ1) is 12.3. The summed E-state index contributed by atoms with van der Waals surface area (Å²) in [6, 6.07) is 0.0820. The molecule has 1 saturated heterocycles. The average Bonchev–Trinajstić information content (AvgIpc) is 2.27. The first-order valence-corrected chi connectivity index (χ1v) is 6.01. The quantitative estimate of drug-likeness (QED) is 0.733. The molecule has 1 rings (SSSR count). The zero-order chi connectivity index (χ0) is 11.1. The zero-order valence-corrected chi connectivity index (χ0v) is 9.88. The van der Waals surface area contributed by atoms with E-state index < -0.39 is 0 Å². The molecule has 0 saturated carbocycles. The second kappa shape index (κ2) is 6.67. The molecule has 1 aliphatic rings. The van der Waals surface area contributed by atoms with Crippen LogP contribution in [0, 0.1) is 5.92 Å². The lowest BCUT2D eigenvalue weighted by Crippen LogP contribution is -2.44. The molecule has 1 fully saturated rings. The highest BCUT2D eigenvalue weighted by Gasteiger charge is 2.18. The summed E-state index contributed by atoms with van der Waals surface area (Å²) in [6.45, 7) is 8.60. The lowest BCUT2D eigenvalue weighted by atomic mass is 9.98. The Kier molecular flexibility index (Phi) is 5.47. The molecular formula is C11H23N3O. The smallest absolute Gasteiger partial charge is 0.317 e. The van der Waals surface area contributed by atoms with Crippen molar-refractivity contribution in [1.29, 1.82) is 0 Å². The highest BCUT2D eigenvalue weighted by atomic mass is 16.2. The molecule has 4 heteroatoms. The Morgan fingerprint density at radius 3 is 2.60 bits per heavy atom. The second-order valence-corrected chi connectivity index (χ2v) is 4.07. The van der Waals surface area contributed by atoms with Gasteiger partial charge in [0, 0.05) is 19.6 Å². The van der Waals surface area contributed by atoms with Gasteiger partial charge in [-0.1, -0.05) is 0 Å². The molecule has 0 aromatic heterocycles. The molecule has 0 unspecified atom stereocenters. The number of carbonyl (C=O) groups excluding carboxylic acids is 1. The third-order valence-electron chi connectivity index (χ3n) is 2.93. The van der Waals surface area contributed by atoms with Crippen LogP contribution >= 0.6 is 0 Å². The summed E-state index contributed by atoms with van der Waals surface area (Å²) < 4.78 is 0. The van der Waals surface area contributed by atoms with Crippen molar-refractivity contribution in [2.45, 2.75) is 26.7 Å². The van der Waals surface area contributed by atoms with Crippen LogP contribution < -0.4 is 10.6 Å². The summed E-state index contributed by atoms with van der Waals surface area (Å²) in [6.07, 6.45) is 2.38. The van der Waals surface area contributed by atoms with E-state index in [2.05, 4.69) is 10.6 Å². The van der Waals surface area contributed by atoms with E-state index in [1.165, 1.54) is 12.8 Å². The van der Waals surface area contributed by atoms with E-state index in [9.17, 15) is 4.79 Å². The van der Waals surface area contributed by atoms with Crippen LogP contribution in [0.1, 0.15) is 26.7 Å². The Labute approximate surface area is 92.4 Å². The number of rotatable bonds is 4. The standard InChI is InChI=1S/C11H23N3O/c1-3-13-11(15)14(4-2)9-10-5-7-12-8-6-10/h10,12H,3-9H2,1-2H3,(H,13,15). The first-order valence-electron chi connectivity index (χ1n) is 6.01. The number of carbonyl (C=O) groups is 1. The van der Waals surface area contributed by atoms with Gasteiger partial charge in [0.15, 0.2) is 0 Å². The molecule has 0 atom stereocenters. The summed E-state index contributed by atoms with van der Waals surface area (Å²) in [5.74, 6) is 0.675. The normalized spacial score (nSPS) is 17.5. The SMILES string of the molecule is CCNC(=O)N(CC)CC1CCNCC1. The van der Waals surface area contributed by atoms with E-state index in [0.717, 1.165) is 26.2 Å². The Morgan fingerprint density at radius 2 is 2.07 bits per heavy atom. The maximum absolute atomic E-state index is 11.6. The molecule has 1 heterocycles. The highest BCUT2D eigenvalue weighted by Crippen LogP contribution is 2.13. The topological polar surface area (TPSA) is 44.4 Å². The van der Waals surface area contributed by atoms with Gasteiger partial charge >= 0.3 is 6.03 Å². The number of urea groups is 1. The number of nitrogens with one attached hydrogen (secondary N) is 2. The molecule has 0 spiro atoms. The molecule has 0 radical (unpaired) electrons. The average molecular weight is 213 g/mol. The predicted molar refractivity (Wildman–Crippen MR) is 61.9 cm³/mol. The molecule has 2 N–H and O–H groups in total. The van der Waals surface area contributed by atoms with Gasteiger partial charge in [0.2, 0.25) is 0 Å². The van der Waals surface area contributed by atoms with Crippen LogP contribution in [-0.4, -0.2) is 43.7 Å². The van der Waals surface area contributed by atoms with E-state index in [0.29, 0.717) is 12.5 Å². The van der Waals surface area contributed by atoms with E-state index in [1.54, 1.807) is 0 Å². The number of hydrogen-bond acceptors (Lipinski definition) is 2. The predicted octanol–water partition coefficient (Wildman–Crippen LogP) is 1.04. The number of piperidine rings is 1. The Bertz CT molecular complexity index is 190. The monoisotopic (exact) mass is 213 g/mol. The van der Waals surface area contributed by atoms with Crippen molar-refractivity contribution in [3.05, 3.63) is 0 Å². The molecule has 0 aromatic rings. The van der Waals surface area contributed by atoms with Gasteiger partial charge < -0.3 is 15.5 Å². The van der Waals surface area contributed by atoms with E-state index >= 15 is 0 Å². The molecule has 0 aromatic carbocycles. The van der Waals surface area contributed by atoms with Gasteiger partial charge in [0.05, 0.1) is 0 Å². The lowest BCUT2D eigenvalue weighted by molar-refractivity contribution is 0.184. The largest absolute Gasteiger partial charge is 0.338 e. The molecule has 15 heavy (non-hydrogen) atoms. The van der Waals surface area contributed by atoms with Crippen molar-refractivity contribution in [2.75, 3.05) is 32.7 Å². The van der Waals surface area contributed by atoms with Crippen LogP contribution in [0.3, 0.4) is 0 Å². The fourth-order valence-corrected chi connectivity index (χ4v) is 1.99. The van der Waals surface area contributed by atoms with E-state index in [-0.39, 0.29) is 6.03 Å². The zero-order valence-electron chi connectivity index (χ0n) is 9.88. The minimum absolute atomic E-state index is 0.0820. The van der Waals surface area contributed by atoms with Crippen molar-refractivity contribution in [3.63, 3.8) is 0 Å². The highest BCUT2D eigenvalue weighted by molar-refractivity contribution is 5.74. The molecule has 1 aliphatic heterocycles. The Hall–Kier alpha value is -0.770. The summed E-state index contributed by atoms with van der Waals surface area (Å²) in [5, 5.41) is 6.20. The summed E-state index contributed by atoms with van der Waals surface area (Å²) in [5.41, 5.74) is 0. The van der Waals surface area contributed by atoms with Gasteiger partial charge in [-0.25, -0.2) is 4.79 Å². The molecular weight excluding hydrogens is 190 g/mol. The van der Waals surface area contributed by atoms with Crippen molar-refractivity contribution in [2.24, 2.45) is 5.92 Å². The van der Waals surface area contributed by atoms with Crippen LogP contribution in [0.5, 0.6) is 0 Å². The summed E-state index contributed by atoms with van der Waals surface area (Å²) in [7, 11) is 0. The summed E-state index contributed by atoms with van der Waals surface area (Å²) in [4.78, 5) is 13.6. The third kappa shape index (κ3) is 4.08. The third-order valence-corrected chi connectivity index (χ3v) is 2.93. The van der Waals surface area contributed by atoms with Gasteiger partial charge in [0.1, 0.15) is 0 Å². The van der Waals surface area contributed by atoms with Crippen molar-refractivity contribution >= 4 is 6.03 Å². The molecule has 0 aliphatic carbocycles. The van der Waals surface area contributed by atoms with Gasteiger partial charge in [0.25, 0.3) is 0 Å². The number of amides is 2. The van der Waals surface area contributed by atoms with Gasteiger partial charge in [-0.2, -0.15) is 0 Å². The minimum atomic E-state index is 0.0820. The number of nitrogens with zero attached hydrogens (tertiary/aromatic N) is 1. The second-order valence-electron chi connectivity index (χ2n) is 4.07. The van der Waals surface area contributed by atoms with Crippen LogP contribution in [-0.2, 0) is 0 Å².